The summed E-state index contributed by atoms with van der Waals surface area (Å²) in [5.74, 6) is -0.960. The lowest BCUT2D eigenvalue weighted by Crippen LogP contribution is -2.33. The molecule has 0 amide bonds. The fourth-order valence-corrected chi connectivity index (χ4v) is 2.51. The van der Waals surface area contributed by atoms with E-state index in [2.05, 4.69) is 0 Å². The van der Waals surface area contributed by atoms with Crippen LogP contribution in [0.2, 0.25) is 0 Å². The van der Waals surface area contributed by atoms with Crippen molar-refractivity contribution in [1.29, 1.82) is 0 Å². The van der Waals surface area contributed by atoms with Crippen molar-refractivity contribution in [2.75, 3.05) is 12.3 Å². The number of hydrogen-bond acceptors (Lipinski definition) is 5. The van der Waals surface area contributed by atoms with E-state index in [9.17, 15) is 14.9 Å². The second-order valence-corrected chi connectivity index (χ2v) is 4.93. The highest BCUT2D eigenvalue weighted by Crippen LogP contribution is 2.29. The van der Waals surface area contributed by atoms with Crippen LogP contribution in [0.4, 0.5) is 0 Å². The molecule has 0 heterocycles. The van der Waals surface area contributed by atoms with E-state index in [1.165, 1.54) is 11.8 Å². The second kappa shape index (κ2) is 6.97. The normalized spacial score (nSPS) is 13.8. The highest BCUT2D eigenvalue weighted by atomic mass is 32.2. The topological polar surface area (TPSA) is 106 Å². The maximum absolute atomic E-state index is 10.6. The Morgan fingerprint density at radius 3 is 2.56 bits per heavy atom. The van der Waals surface area contributed by atoms with Crippen LogP contribution >= 0.6 is 11.8 Å². The Morgan fingerprint density at radius 1 is 1.44 bits per heavy atom. The van der Waals surface area contributed by atoms with E-state index in [1.54, 1.807) is 24.3 Å². The van der Waals surface area contributed by atoms with Gasteiger partial charge in [-0.3, -0.25) is 14.9 Å². The zero-order valence-electron chi connectivity index (χ0n) is 9.56. The van der Waals surface area contributed by atoms with Crippen LogP contribution < -0.4 is 5.73 Å². The number of nitrogens with two attached hydrogens (primary N) is 1. The first kappa shape index (κ1) is 14.5. The molecule has 98 valence electrons. The Kier molecular flexibility index (Phi) is 5.60. The average Bonchev–Trinajstić information content (AvgIpc) is 2.34. The zero-order chi connectivity index (χ0) is 13.5. The molecule has 3 N–H and O–H groups in total. The number of thioether (sulfide) groups is 1. The Labute approximate surface area is 108 Å². The van der Waals surface area contributed by atoms with Crippen LogP contribution in [0.1, 0.15) is 10.8 Å². The summed E-state index contributed by atoms with van der Waals surface area (Å²) in [5.41, 5.74) is 6.19. The molecule has 0 aromatic heterocycles. The molecule has 0 saturated heterocycles. The predicted molar refractivity (Wildman–Crippen MR) is 69.1 cm³/mol. The number of hydrogen-bond donors (Lipinski definition) is 2. The number of rotatable bonds is 7. The van der Waals surface area contributed by atoms with Crippen molar-refractivity contribution in [3.63, 3.8) is 0 Å². The van der Waals surface area contributed by atoms with Crippen LogP contribution in [-0.2, 0) is 4.79 Å². The maximum Gasteiger partial charge on any atom is 0.321 e. The van der Waals surface area contributed by atoms with Gasteiger partial charge in [-0.05, 0) is 5.56 Å². The van der Waals surface area contributed by atoms with Crippen molar-refractivity contribution < 1.29 is 14.8 Å². The molecule has 7 heteroatoms. The Hall–Kier alpha value is -1.60. The van der Waals surface area contributed by atoms with Crippen molar-refractivity contribution >= 4 is 17.7 Å². The van der Waals surface area contributed by atoms with Crippen LogP contribution in [-0.4, -0.2) is 34.3 Å². The van der Waals surface area contributed by atoms with Crippen molar-refractivity contribution in [3.05, 3.63) is 46.0 Å². The number of benzene rings is 1. The van der Waals surface area contributed by atoms with E-state index in [-0.39, 0.29) is 17.5 Å². The lowest BCUT2D eigenvalue weighted by Gasteiger charge is -2.14. The molecular weight excluding hydrogens is 256 g/mol. The minimum Gasteiger partial charge on any atom is -0.480 e. The van der Waals surface area contributed by atoms with Gasteiger partial charge in [-0.2, -0.15) is 0 Å². The molecule has 0 bridgehead atoms. The van der Waals surface area contributed by atoms with E-state index in [0.29, 0.717) is 0 Å². The predicted octanol–water partition coefficient (Wildman–Crippen LogP) is 1.15. The number of carbonyl (C=O) groups is 1. The third-order valence-electron chi connectivity index (χ3n) is 2.28. The fourth-order valence-electron chi connectivity index (χ4n) is 1.35. The highest BCUT2D eigenvalue weighted by Gasteiger charge is 2.21. The quantitative estimate of drug-likeness (QED) is 0.568. The molecule has 1 rings (SSSR count). The lowest BCUT2D eigenvalue weighted by molar-refractivity contribution is -0.479. The fraction of sp³-hybridized carbons (Fsp3) is 0.364. The molecule has 6 nitrogen and oxygen atoms in total. The van der Waals surface area contributed by atoms with Crippen LogP contribution in [0.3, 0.4) is 0 Å². The summed E-state index contributed by atoms with van der Waals surface area (Å²) in [6, 6.07) is 7.97. The summed E-state index contributed by atoms with van der Waals surface area (Å²) < 4.78 is 0. The summed E-state index contributed by atoms with van der Waals surface area (Å²) in [6.07, 6.45) is 0. The van der Waals surface area contributed by atoms with Gasteiger partial charge in [-0.25, -0.2) is 0 Å². The van der Waals surface area contributed by atoms with Crippen molar-refractivity contribution in [3.8, 4) is 0 Å². The molecule has 0 aliphatic rings. The molecule has 0 fully saturated rings. The molecular formula is C11H14N2O4S. The van der Waals surface area contributed by atoms with Gasteiger partial charge >= 0.3 is 5.97 Å². The molecule has 0 spiro atoms. The van der Waals surface area contributed by atoms with Gasteiger partial charge in [-0.1, -0.05) is 30.3 Å². The van der Waals surface area contributed by atoms with Gasteiger partial charge in [0.15, 0.2) is 0 Å². The van der Waals surface area contributed by atoms with Crippen LogP contribution in [0, 0.1) is 10.1 Å². The molecule has 0 saturated carbocycles. The molecule has 2 unspecified atom stereocenters. The smallest absolute Gasteiger partial charge is 0.321 e. The number of aliphatic carboxylic acids is 1. The molecule has 2 atom stereocenters. The van der Waals surface area contributed by atoms with E-state index in [1.807, 2.05) is 6.07 Å². The average molecular weight is 270 g/mol. The Morgan fingerprint density at radius 2 is 2.06 bits per heavy atom. The Bertz CT molecular complexity index is 413. The minimum atomic E-state index is -1.10. The summed E-state index contributed by atoms with van der Waals surface area (Å²) in [5, 5.41) is 18.9. The summed E-state index contributed by atoms with van der Waals surface area (Å²) in [4.78, 5) is 20.8. The Balaban J connectivity index is 2.68. The van der Waals surface area contributed by atoms with Gasteiger partial charge in [0, 0.05) is 10.7 Å². The molecule has 18 heavy (non-hydrogen) atoms. The largest absolute Gasteiger partial charge is 0.480 e. The van der Waals surface area contributed by atoms with Gasteiger partial charge in [-0.15, -0.1) is 11.8 Å². The summed E-state index contributed by atoms with van der Waals surface area (Å²) >= 11 is 1.19. The minimum absolute atomic E-state index is 0.142. The number of carboxylic acids is 1. The van der Waals surface area contributed by atoms with E-state index in [0.717, 1.165) is 5.56 Å². The van der Waals surface area contributed by atoms with Crippen molar-refractivity contribution in [2.45, 2.75) is 11.3 Å². The first-order valence-corrected chi connectivity index (χ1v) is 6.32. The van der Waals surface area contributed by atoms with Gasteiger partial charge in [0.1, 0.15) is 6.04 Å². The van der Waals surface area contributed by atoms with Crippen molar-refractivity contribution in [2.24, 2.45) is 5.73 Å². The van der Waals surface area contributed by atoms with Gasteiger partial charge in [0.25, 0.3) is 0 Å². The molecule has 0 aliphatic carbocycles. The highest BCUT2D eigenvalue weighted by molar-refractivity contribution is 7.99. The first-order valence-electron chi connectivity index (χ1n) is 5.27. The third kappa shape index (κ3) is 4.72. The molecule has 0 radical (unpaired) electrons. The standard InChI is InChI=1S/C11H14N2O4S/c12-9(11(14)15)7-18-10(6-13(16)17)8-4-2-1-3-5-8/h1-5,9-10H,6-7,12H2,(H,14,15). The lowest BCUT2D eigenvalue weighted by atomic mass is 10.1. The molecule has 1 aromatic rings. The maximum atomic E-state index is 10.6. The van der Waals surface area contributed by atoms with Gasteiger partial charge in [0.2, 0.25) is 6.54 Å². The zero-order valence-corrected chi connectivity index (χ0v) is 10.4. The van der Waals surface area contributed by atoms with E-state index in [4.69, 9.17) is 10.8 Å². The van der Waals surface area contributed by atoms with Crippen LogP contribution in [0.15, 0.2) is 30.3 Å². The van der Waals surface area contributed by atoms with Crippen LogP contribution in [0.25, 0.3) is 0 Å². The second-order valence-electron chi connectivity index (χ2n) is 3.69. The van der Waals surface area contributed by atoms with E-state index >= 15 is 0 Å². The van der Waals surface area contributed by atoms with Gasteiger partial charge < -0.3 is 10.8 Å². The van der Waals surface area contributed by atoms with Crippen LogP contribution in [0.5, 0.6) is 0 Å². The molecule has 0 aliphatic heterocycles. The first-order chi connectivity index (χ1) is 8.50. The van der Waals surface area contributed by atoms with E-state index < -0.39 is 16.9 Å². The molecule has 1 aromatic carbocycles. The third-order valence-corrected chi connectivity index (χ3v) is 3.66. The SMILES string of the molecule is NC(CSC(C[N+](=O)[O-])c1ccccc1)C(=O)O. The number of nitro groups is 1. The number of nitrogens with zero attached hydrogens (tertiary/aromatic N) is 1. The summed E-state index contributed by atoms with van der Waals surface area (Å²) in [6.45, 7) is -0.249. The van der Waals surface area contributed by atoms with Crippen molar-refractivity contribution in [1.82, 2.24) is 0 Å². The number of carboxylic acid groups (broad SMARTS) is 1. The van der Waals surface area contributed by atoms with Gasteiger partial charge in [0.05, 0.1) is 5.25 Å². The summed E-state index contributed by atoms with van der Waals surface area (Å²) in [7, 11) is 0. The monoisotopic (exact) mass is 270 g/mol.